The predicted molar refractivity (Wildman–Crippen MR) is 72.8 cm³/mol. The van der Waals surface area contributed by atoms with E-state index in [0.29, 0.717) is 18.4 Å². The van der Waals surface area contributed by atoms with Crippen LogP contribution < -0.4 is 0 Å². The van der Waals surface area contributed by atoms with E-state index in [2.05, 4.69) is 0 Å². The van der Waals surface area contributed by atoms with E-state index in [9.17, 15) is 17.6 Å². The van der Waals surface area contributed by atoms with Crippen molar-refractivity contribution < 1.29 is 22.7 Å². The van der Waals surface area contributed by atoms with Crippen LogP contribution in [0, 0.1) is 5.82 Å². The molecule has 0 saturated carbocycles. The monoisotopic (exact) mass is 303 g/mol. The maximum atomic E-state index is 14.0. The molecule has 0 heterocycles. The van der Waals surface area contributed by atoms with Crippen molar-refractivity contribution in [2.75, 3.05) is 14.1 Å². The minimum Gasteiger partial charge on any atom is -0.478 e. The van der Waals surface area contributed by atoms with Gasteiger partial charge in [0.05, 0.1) is 5.56 Å². The van der Waals surface area contributed by atoms with Crippen LogP contribution >= 0.6 is 0 Å². The van der Waals surface area contributed by atoms with Crippen molar-refractivity contribution in [3.05, 3.63) is 29.1 Å². The van der Waals surface area contributed by atoms with Gasteiger partial charge in [-0.2, -0.15) is 0 Å². The molecule has 0 aliphatic heterocycles. The first-order valence-corrected chi connectivity index (χ1v) is 7.64. The molecule has 0 unspecified atom stereocenters. The number of carbonyl (C=O) groups is 1. The first-order chi connectivity index (χ1) is 9.21. The van der Waals surface area contributed by atoms with Crippen molar-refractivity contribution in [1.82, 2.24) is 4.31 Å². The summed E-state index contributed by atoms with van der Waals surface area (Å²) in [5, 5.41) is 9.15. The van der Waals surface area contributed by atoms with Crippen LogP contribution in [-0.4, -0.2) is 37.9 Å². The van der Waals surface area contributed by atoms with Gasteiger partial charge in [-0.3, -0.25) is 0 Å². The van der Waals surface area contributed by atoms with Crippen LogP contribution in [0.15, 0.2) is 17.0 Å². The second-order valence-electron chi connectivity index (χ2n) is 4.64. The van der Waals surface area contributed by atoms with Crippen LogP contribution in [0.2, 0.25) is 0 Å². The molecule has 112 valence electrons. The highest BCUT2D eigenvalue weighted by Crippen LogP contribution is 2.23. The van der Waals surface area contributed by atoms with Crippen molar-refractivity contribution in [3.63, 3.8) is 0 Å². The van der Waals surface area contributed by atoms with Gasteiger partial charge < -0.3 is 5.11 Å². The van der Waals surface area contributed by atoms with E-state index >= 15 is 0 Å². The fourth-order valence-electron chi connectivity index (χ4n) is 1.76. The van der Waals surface area contributed by atoms with Crippen LogP contribution in [0.1, 0.15) is 35.7 Å². The zero-order valence-electron chi connectivity index (χ0n) is 11.7. The van der Waals surface area contributed by atoms with Crippen LogP contribution in [0.25, 0.3) is 0 Å². The minimum absolute atomic E-state index is 0.166. The van der Waals surface area contributed by atoms with Crippen LogP contribution in [0.3, 0.4) is 0 Å². The Morgan fingerprint density at radius 3 is 2.40 bits per heavy atom. The van der Waals surface area contributed by atoms with E-state index < -0.39 is 26.7 Å². The molecular formula is C13H18FNO4S. The molecular weight excluding hydrogens is 285 g/mol. The smallest absolute Gasteiger partial charge is 0.336 e. The van der Waals surface area contributed by atoms with E-state index in [-0.39, 0.29) is 5.56 Å². The highest BCUT2D eigenvalue weighted by atomic mass is 32.2. The quantitative estimate of drug-likeness (QED) is 0.873. The number of nitrogens with zero attached hydrogens (tertiary/aromatic N) is 1. The van der Waals surface area contributed by atoms with Gasteiger partial charge in [-0.15, -0.1) is 0 Å². The molecule has 0 atom stereocenters. The van der Waals surface area contributed by atoms with Gasteiger partial charge in [0.15, 0.2) is 0 Å². The number of unbranched alkanes of at least 4 members (excludes halogenated alkanes) is 1. The SMILES string of the molecule is CCCCc1cc(F)c(S(=O)(=O)N(C)C)cc1C(=O)O. The maximum absolute atomic E-state index is 14.0. The summed E-state index contributed by atoms with van der Waals surface area (Å²) in [6, 6.07) is 1.91. The van der Waals surface area contributed by atoms with Gasteiger partial charge in [-0.25, -0.2) is 21.9 Å². The molecule has 0 aromatic heterocycles. The Morgan fingerprint density at radius 2 is 1.95 bits per heavy atom. The maximum Gasteiger partial charge on any atom is 0.336 e. The molecule has 0 aliphatic rings. The third kappa shape index (κ3) is 3.34. The molecule has 5 nitrogen and oxygen atoms in total. The fraction of sp³-hybridized carbons (Fsp3) is 0.462. The minimum atomic E-state index is -4.01. The molecule has 0 spiro atoms. The first kappa shape index (κ1) is 16.6. The van der Waals surface area contributed by atoms with E-state index in [1.807, 2.05) is 6.92 Å². The second-order valence-corrected chi connectivity index (χ2v) is 6.76. The Labute approximate surface area is 118 Å². The summed E-state index contributed by atoms with van der Waals surface area (Å²) in [5.41, 5.74) is 0.148. The highest BCUT2D eigenvalue weighted by molar-refractivity contribution is 7.89. The number of benzene rings is 1. The molecule has 0 aliphatic carbocycles. The average molecular weight is 303 g/mol. The van der Waals surface area contributed by atoms with Crippen LogP contribution in [0.5, 0.6) is 0 Å². The molecule has 0 fully saturated rings. The van der Waals surface area contributed by atoms with Gasteiger partial charge in [0, 0.05) is 14.1 Å². The molecule has 20 heavy (non-hydrogen) atoms. The molecule has 0 saturated heterocycles. The molecule has 0 amide bonds. The molecule has 1 rings (SSSR count). The number of rotatable bonds is 6. The highest BCUT2D eigenvalue weighted by Gasteiger charge is 2.25. The normalized spacial score (nSPS) is 11.8. The summed E-state index contributed by atoms with van der Waals surface area (Å²) in [7, 11) is -1.48. The third-order valence-electron chi connectivity index (χ3n) is 2.95. The lowest BCUT2D eigenvalue weighted by Gasteiger charge is -2.14. The Bertz CT molecular complexity index is 611. The van der Waals surface area contributed by atoms with Crippen LogP contribution in [0.4, 0.5) is 4.39 Å². The van der Waals surface area contributed by atoms with Crippen molar-refractivity contribution in [1.29, 1.82) is 0 Å². The van der Waals surface area contributed by atoms with Gasteiger partial charge in [-0.05, 0) is 30.5 Å². The summed E-state index contributed by atoms with van der Waals surface area (Å²) >= 11 is 0. The Balaban J connectivity index is 3.45. The lowest BCUT2D eigenvalue weighted by atomic mass is 10.0. The summed E-state index contributed by atoms with van der Waals surface area (Å²) in [6.07, 6.45) is 1.94. The number of aryl methyl sites for hydroxylation is 1. The lowest BCUT2D eigenvalue weighted by molar-refractivity contribution is 0.0695. The zero-order chi connectivity index (χ0) is 15.5. The Hall–Kier alpha value is -1.47. The first-order valence-electron chi connectivity index (χ1n) is 6.20. The number of aromatic carboxylic acids is 1. The van der Waals surface area contributed by atoms with E-state index in [1.54, 1.807) is 0 Å². The predicted octanol–water partition coefficient (Wildman–Crippen LogP) is 2.12. The van der Waals surface area contributed by atoms with E-state index in [0.717, 1.165) is 22.9 Å². The third-order valence-corrected chi connectivity index (χ3v) is 4.78. The standard InChI is InChI=1S/C13H18FNO4S/c1-4-5-6-9-7-11(14)12(8-10(9)13(16)17)20(18,19)15(2)3/h7-8H,4-6H2,1-3H3,(H,16,17). The lowest BCUT2D eigenvalue weighted by Crippen LogP contribution is -2.24. The van der Waals surface area contributed by atoms with Gasteiger partial charge in [-0.1, -0.05) is 13.3 Å². The average Bonchev–Trinajstić information content (AvgIpc) is 2.35. The topological polar surface area (TPSA) is 74.7 Å². The summed E-state index contributed by atoms with van der Waals surface area (Å²) in [6.45, 7) is 1.93. The Morgan fingerprint density at radius 1 is 1.35 bits per heavy atom. The molecule has 0 radical (unpaired) electrons. The number of halogens is 1. The molecule has 7 heteroatoms. The number of hydrogen-bond donors (Lipinski definition) is 1. The fourth-order valence-corrected chi connectivity index (χ4v) is 2.73. The Kier molecular flexibility index (Phi) is 5.24. The number of sulfonamides is 1. The number of carboxylic acid groups (broad SMARTS) is 1. The van der Waals surface area contributed by atoms with Gasteiger partial charge in [0.2, 0.25) is 10.0 Å². The zero-order valence-corrected chi connectivity index (χ0v) is 12.5. The van der Waals surface area contributed by atoms with Crippen molar-refractivity contribution >= 4 is 16.0 Å². The van der Waals surface area contributed by atoms with Gasteiger partial charge >= 0.3 is 5.97 Å². The molecule has 1 N–H and O–H groups in total. The number of hydrogen-bond acceptors (Lipinski definition) is 3. The number of carboxylic acids is 1. The van der Waals surface area contributed by atoms with E-state index in [1.165, 1.54) is 14.1 Å². The van der Waals surface area contributed by atoms with Gasteiger partial charge in [0.25, 0.3) is 0 Å². The van der Waals surface area contributed by atoms with Crippen LogP contribution in [-0.2, 0) is 16.4 Å². The van der Waals surface area contributed by atoms with Crippen molar-refractivity contribution in [2.45, 2.75) is 31.1 Å². The summed E-state index contributed by atoms with van der Waals surface area (Å²) < 4.78 is 38.7. The molecule has 1 aromatic rings. The van der Waals surface area contributed by atoms with Crippen molar-refractivity contribution in [3.8, 4) is 0 Å². The second kappa shape index (κ2) is 6.32. The largest absolute Gasteiger partial charge is 0.478 e. The van der Waals surface area contributed by atoms with Crippen molar-refractivity contribution in [2.24, 2.45) is 0 Å². The van der Waals surface area contributed by atoms with E-state index in [4.69, 9.17) is 5.11 Å². The van der Waals surface area contributed by atoms with Gasteiger partial charge in [0.1, 0.15) is 10.7 Å². The molecule has 0 bridgehead atoms. The summed E-state index contributed by atoms with van der Waals surface area (Å²) in [4.78, 5) is 10.6. The molecule has 1 aromatic carbocycles. The summed E-state index contributed by atoms with van der Waals surface area (Å²) in [5.74, 6) is -2.18.